The molecule has 0 fully saturated rings. The Bertz CT molecular complexity index is 433. The van der Waals surface area contributed by atoms with Gasteiger partial charge in [0.15, 0.2) is 0 Å². The molecule has 6 nitrogen and oxygen atoms in total. The number of carboxylic acid groups (broad SMARTS) is 1. The quantitative estimate of drug-likeness (QED) is 0.802. The van der Waals surface area contributed by atoms with Crippen LogP contribution < -0.4 is 5.73 Å². The molecule has 1 rings (SSSR count). The second-order valence-electron chi connectivity index (χ2n) is 3.91. The van der Waals surface area contributed by atoms with Gasteiger partial charge in [-0.1, -0.05) is 6.92 Å². The van der Waals surface area contributed by atoms with Gasteiger partial charge in [0.2, 0.25) is 0 Å². The summed E-state index contributed by atoms with van der Waals surface area (Å²) in [5.74, 6) is -1.39. The van der Waals surface area contributed by atoms with Crippen molar-refractivity contribution in [2.24, 2.45) is 5.73 Å². The van der Waals surface area contributed by atoms with Gasteiger partial charge in [-0.15, -0.1) is 11.3 Å². The molecule has 1 heterocycles. The number of aliphatic carboxylic acids is 1. The molecule has 1 aromatic heterocycles. The molecule has 1 aromatic rings. The molecule has 0 aliphatic carbocycles. The summed E-state index contributed by atoms with van der Waals surface area (Å²) in [7, 11) is 0. The zero-order valence-electron chi connectivity index (χ0n) is 10.4. The largest absolute Gasteiger partial charge is 0.480 e. The first-order valence-electron chi connectivity index (χ1n) is 5.66. The Labute approximate surface area is 109 Å². The molecule has 0 radical (unpaired) electrons. The Morgan fingerprint density at radius 1 is 1.61 bits per heavy atom. The van der Waals surface area contributed by atoms with Gasteiger partial charge >= 0.3 is 5.97 Å². The van der Waals surface area contributed by atoms with Crippen LogP contribution in [0.5, 0.6) is 0 Å². The van der Waals surface area contributed by atoms with Crippen LogP contribution in [0.4, 0.5) is 0 Å². The summed E-state index contributed by atoms with van der Waals surface area (Å²) < 4.78 is 0. The Morgan fingerprint density at radius 3 is 2.72 bits per heavy atom. The van der Waals surface area contributed by atoms with E-state index in [0.717, 1.165) is 0 Å². The van der Waals surface area contributed by atoms with Crippen molar-refractivity contribution in [2.45, 2.75) is 32.9 Å². The second-order valence-corrected chi connectivity index (χ2v) is 4.86. The molecule has 0 aromatic carbocycles. The molecule has 3 N–H and O–H groups in total. The first kappa shape index (κ1) is 14.6. The predicted octanol–water partition coefficient (Wildman–Crippen LogP) is 0.927. The smallest absolute Gasteiger partial charge is 0.323 e. The summed E-state index contributed by atoms with van der Waals surface area (Å²) in [6.07, 6.45) is 0.687. The van der Waals surface area contributed by atoms with Crippen LogP contribution in [0.2, 0.25) is 0 Å². The zero-order valence-corrected chi connectivity index (χ0v) is 11.2. The lowest BCUT2D eigenvalue weighted by Crippen LogP contribution is -2.42. The summed E-state index contributed by atoms with van der Waals surface area (Å²) in [6, 6.07) is -0.142. The maximum absolute atomic E-state index is 12.2. The maximum Gasteiger partial charge on any atom is 0.323 e. The van der Waals surface area contributed by atoms with Crippen LogP contribution in [0.25, 0.3) is 0 Å². The van der Waals surface area contributed by atoms with E-state index < -0.39 is 5.97 Å². The fourth-order valence-electron chi connectivity index (χ4n) is 1.44. The van der Waals surface area contributed by atoms with Gasteiger partial charge in [0.25, 0.3) is 5.91 Å². The number of thiazole rings is 1. The van der Waals surface area contributed by atoms with Crippen LogP contribution in [0.1, 0.15) is 35.8 Å². The van der Waals surface area contributed by atoms with Gasteiger partial charge < -0.3 is 15.7 Å². The SMILES string of the molecule is CCC(C)N(CC(=O)O)C(=O)c1csc(CN)n1. The minimum absolute atomic E-state index is 0.142. The summed E-state index contributed by atoms with van der Waals surface area (Å²) in [4.78, 5) is 28.4. The Kier molecular flexibility index (Phi) is 5.24. The molecule has 0 aliphatic heterocycles. The molecular formula is C11H17N3O3S. The fourth-order valence-corrected chi connectivity index (χ4v) is 2.09. The van der Waals surface area contributed by atoms with Gasteiger partial charge in [-0.25, -0.2) is 4.98 Å². The van der Waals surface area contributed by atoms with Crippen LogP contribution >= 0.6 is 11.3 Å². The number of amides is 1. The van der Waals surface area contributed by atoms with E-state index in [4.69, 9.17) is 10.8 Å². The minimum Gasteiger partial charge on any atom is -0.480 e. The van der Waals surface area contributed by atoms with Crippen molar-refractivity contribution in [3.63, 3.8) is 0 Å². The van der Waals surface area contributed by atoms with Crippen molar-refractivity contribution in [3.05, 3.63) is 16.1 Å². The molecule has 1 atom stereocenters. The van der Waals surface area contributed by atoms with Gasteiger partial charge in [0.05, 0.1) is 0 Å². The Hall–Kier alpha value is -1.47. The van der Waals surface area contributed by atoms with E-state index in [-0.39, 0.29) is 30.7 Å². The lowest BCUT2D eigenvalue weighted by Gasteiger charge is -2.26. The molecule has 1 amide bonds. The number of carboxylic acids is 1. The van der Waals surface area contributed by atoms with Crippen molar-refractivity contribution in [3.8, 4) is 0 Å². The predicted molar refractivity (Wildman–Crippen MR) is 68.4 cm³/mol. The number of aromatic nitrogens is 1. The maximum atomic E-state index is 12.2. The van der Waals surface area contributed by atoms with Crippen LogP contribution in [-0.2, 0) is 11.3 Å². The highest BCUT2D eigenvalue weighted by Gasteiger charge is 2.24. The van der Waals surface area contributed by atoms with E-state index in [1.807, 2.05) is 13.8 Å². The van der Waals surface area contributed by atoms with Crippen LogP contribution in [0.15, 0.2) is 5.38 Å². The van der Waals surface area contributed by atoms with E-state index in [0.29, 0.717) is 11.4 Å². The van der Waals surface area contributed by atoms with E-state index in [1.165, 1.54) is 16.2 Å². The number of nitrogens with two attached hydrogens (primary N) is 1. The molecule has 0 aliphatic rings. The number of nitrogens with zero attached hydrogens (tertiary/aromatic N) is 2. The standard InChI is InChI=1S/C11H17N3O3S/c1-3-7(2)14(5-10(15)16)11(17)8-6-18-9(4-12)13-8/h6-7H,3-5,12H2,1-2H3,(H,15,16). The van der Waals surface area contributed by atoms with Gasteiger partial charge in [0.1, 0.15) is 17.2 Å². The molecule has 0 spiro atoms. The van der Waals surface area contributed by atoms with Crippen molar-refractivity contribution >= 4 is 23.2 Å². The van der Waals surface area contributed by atoms with Crippen LogP contribution in [-0.4, -0.2) is 39.5 Å². The monoisotopic (exact) mass is 271 g/mol. The van der Waals surface area contributed by atoms with Crippen molar-refractivity contribution < 1.29 is 14.7 Å². The Balaban J connectivity index is 2.90. The number of carbonyl (C=O) groups excluding carboxylic acids is 1. The lowest BCUT2D eigenvalue weighted by atomic mass is 10.2. The van der Waals surface area contributed by atoms with Crippen LogP contribution in [0.3, 0.4) is 0 Å². The first-order valence-corrected chi connectivity index (χ1v) is 6.54. The highest BCUT2D eigenvalue weighted by molar-refractivity contribution is 7.09. The highest BCUT2D eigenvalue weighted by atomic mass is 32.1. The molecular weight excluding hydrogens is 254 g/mol. The third-order valence-corrected chi connectivity index (χ3v) is 3.51. The topological polar surface area (TPSA) is 96.5 Å². The van der Waals surface area contributed by atoms with Gasteiger partial charge in [-0.2, -0.15) is 0 Å². The van der Waals surface area contributed by atoms with E-state index in [2.05, 4.69) is 4.98 Å². The van der Waals surface area contributed by atoms with Crippen LogP contribution in [0, 0.1) is 0 Å². The molecule has 100 valence electrons. The molecule has 0 saturated carbocycles. The van der Waals surface area contributed by atoms with E-state index in [1.54, 1.807) is 5.38 Å². The summed E-state index contributed by atoms with van der Waals surface area (Å²) in [6.45, 7) is 3.68. The molecule has 18 heavy (non-hydrogen) atoms. The average molecular weight is 271 g/mol. The molecule has 0 saturated heterocycles. The minimum atomic E-state index is -1.03. The summed E-state index contributed by atoms with van der Waals surface area (Å²) in [5.41, 5.74) is 5.70. The Morgan fingerprint density at radius 2 is 2.28 bits per heavy atom. The normalized spacial score (nSPS) is 12.2. The van der Waals surface area contributed by atoms with Crippen molar-refractivity contribution in [1.29, 1.82) is 0 Å². The highest BCUT2D eigenvalue weighted by Crippen LogP contribution is 2.14. The fraction of sp³-hybridized carbons (Fsp3) is 0.545. The third kappa shape index (κ3) is 3.51. The summed E-state index contributed by atoms with van der Waals surface area (Å²) >= 11 is 1.30. The molecule has 0 bridgehead atoms. The second kappa shape index (κ2) is 6.46. The molecule has 7 heteroatoms. The van der Waals surface area contributed by atoms with Gasteiger partial charge in [-0.3, -0.25) is 9.59 Å². The third-order valence-electron chi connectivity index (χ3n) is 2.63. The number of hydrogen-bond acceptors (Lipinski definition) is 5. The van der Waals surface area contributed by atoms with Gasteiger partial charge in [-0.05, 0) is 13.3 Å². The number of hydrogen-bond donors (Lipinski definition) is 2. The number of carbonyl (C=O) groups is 2. The molecule has 1 unspecified atom stereocenters. The van der Waals surface area contributed by atoms with Crippen molar-refractivity contribution in [2.75, 3.05) is 6.54 Å². The number of rotatable bonds is 6. The average Bonchev–Trinajstić information content (AvgIpc) is 2.82. The van der Waals surface area contributed by atoms with E-state index >= 15 is 0 Å². The van der Waals surface area contributed by atoms with Crippen molar-refractivity contribution in [1.82, 2.24) is 9.88 Å². The first-order chi connectivity index (χ1) is 8.49. The lowest BCUT2D eigenvalue weighted by molar-refractivity contribution is -0.138. The van der Waals surface area contributed by atoms with Gasteiger partial charge in [0, 0.05) is 18.0 Å². The van der Waals surface area contributed by atoms with E-state index in [9.17, 15) is 9.59 Å². The summed E-state index contributed by atoms with van der Waals surface area (Å²) in [5, 5.41) is 11.1. The zero-order chi connectivity index (χ0) is 13.7.